The maximum Gasteiger partial charge on any atom is 0.135 e. The van der Waals surface area contributed by atoms with Crippen LogP contribution >= 0.6 is 0 Å². The van der Waals surface area contributed by atoms with Crippen molar-refractivity contribution >= 4 is 21.9 Å². The van der Waals surface area contributed by atoms with Crippen LogP contribution in [0.4, 0.5) is 0 Å². The molecule has 0 N–H and O–H groups in total. The Bertz CT molecular complexity index is 3680. The minimum atomic E-state index is -0.550. The second-order valence-electron chi connectivity index (χ2n) is 17.5. The van der Waals surface area contributed by atoms with E-state index in [-0.39, 0.29) is 0 Å². The molecule has 3 aliphatic rings. The van der Waals surface area contributed by atoms with Gasteiger partial charge in [-0.2, -0.15) is 0 Å². The Labute approximate surface area is 366 Å². The molecule has 1 aromatic heterocycles. The summed E-state index contributed by atoms with van der Waals surface area (Å²) in [6.45, 7) is 0. The Morgan fingerprint density at radius 3 is 1.49 bits per heavy atom. The number of para-hydroxylation sites is 1. The number of benzene rings is 10. The van der Waals surface area contributed by atoms with Crippen LogP contribution in [0.3, 0.4) is 0 Å². The minimum Gasteiger partial charge on any atom is -0.456 e. The van der Waals surface area contributed by atoms with Crippen molar-refractivity contribution in [3.05, 3.63) is 252 Å². The van der Waals surface area contributed by atoms with E-state index in [4.69, 9.17) is 4.42 Å². The molecule has 1 heterocycles. The largest absolute Gasteiger partial charge is 0.456 e. The van der Waals surface area contributed by atoms with Crippen LogP contribution in [0.15, 0.2) is 223 Å². The van der Waals surface area contributed by atoms with Crippen LogP contribution in [0, 0.1) is 0 Å². The van der Waals surface area contributed by atoms with Crippen LogP contribution < -0.4 is 0 Å². The summed E-state index contributed by atoms with van der Waals surface area (Å²) in [7, 11) is 0. The highest BCUT2D eigenvalue weighted by Gasteiger charge is 2.49. The molecule has 1 nitrogen and oxygen atoms in total. The number of rotatable bonds is 3. The SMILES string of the molecule is c1ccc2c(c1)Cc1cccc(-c3cc(-c4ccc5c(c4)C4(c6ccccc6-c6ccccc6-5)c5ccccc5-c5ccccc54)cc(-c4ccc5oc6ccccc6c5c4)c3)c1-2. The average Bonchev–Trinajstić information content (AvgIpc) is 4.00. The molecule has 3 aliphatic carbocycles. The lowest BCUT2D eigenvalue weighted by molar-refractivity contribution is 0.669. The molecule has 0 aliphatic heterocycles. The molecule has 14 rings (SSSR count). The zero-order valence-corrected chi connectivity index (χ0v) is 34.4. The van der Waals surface area contributed by atoms with Gasteiger partial charge in [-0.3, -0.25) is 0 Å². The van der Waals surface area contributed by atoms with E-state index in [2.05, 4.69) is 212 Å². The van der Waals surface area contributed by atoms with Gasteiger partial charge in [0.2, 0.25) is 0 Å². The topological polar surface area (TPSA) is 13.1 Å². The lowest BCUT2D eigenvalue weighted by Crippen LogP contribution is -2.29. The number of hydrogen-bond donors (Lipinski definition) is 0. The van der Waals surface area contributed by atoms with E-state index in [1.807, 2.05) is 6.07 Å². The third-order valence-electron chi connectivity index (χ3n) is 14.3. The number of furan rings is 1. The van der Waals surface area contributed by atoms with Gasteiger partial charge in [-0.05, 0) is 160 Å². The zero-order chi connectivity index (χ0) is 41.2. The van der Waals surface area contributed by atoms with Gasteiger partial charge >= 0.3 is 0 Å². The summed E-state index contributed by atoms with van der Waals surface area (Å²) < 4.78 is 6.32. The fraction of sp³-hybridized carbons (Fsp3) is 0.0323. The average molecular weight is 799 g/mol. The van der Waals surface area contributed by atoms with Crippen molar-refractivity contribution in [1.82, 2.24) is 0 Å². The predicted octanol–water partition coefficient (Wildman–Crippen LogP) is 16.2. The lowest BCUT2D eigenvalue weighted by Gasteiger charge is -2.35. The molecule has 0 unspecified atom stereocenters. The Balaban J connectivity index is 1.07. The quantitative estimate of drug-likeness (QED) is 0.174. The van der Waals surface area contributed by atoms with E-state index < -0.39 is 5.41 Å². The van der Waals surface area contributed by atoms with Crippen molar-refractivity contribution in [2.75, 3.05) is 0 Å². The van der Waals surface area contributed by atoms with Crippen molar-refractivity contribution in [1.29, 1.82) is 0 Å². The molecule has 292 valence electrons. The first-order valence-electron chi connectivity index (χ1n) is 22.0. The van der Waals surface area contributed by atoms with Crippen molar-refractivity contribution in [2.24, 2.45) is 0 Å². The molecule has 0 amide bonds. The third-order valence-corrected chi connectivity index (χ3v) is 14.3. The second kappa shape index (κ2) is 13.0. The number of fused-ring (bicyclic) bond motifs is 18. The summed E-state index contributed by atoms with van der Waals surface area (Å²) in [5.74, 6) is 0. The van der Waals surface area contributed by atoms with Crippen molar-refractivity contribution in [2.45, 2.75) is 11.8 Å². The zero-order valence-electron chi connectivity index (χ0n) is 34.4. The van der Waals surface area contributed by atoms with Crippen LogP contribution in [0.1, 0.15) is 33.4 Å². The fourth-order valence-electron chi connectivity index (χ4n) is 11.7. The molecule has 11 aromatic rings. The minimum absolute atomic E-state index is 0.550. The van der Waals surface area contributed by atoms with Gasteiger partial charge in [-0.15, -0.1) is 0 Å². The van der Waals surface area contributed by atoms with Gasteiger partial charge in [0.1, 0.15) is 11.2 Å². The summed E-state index contributed by atoms with van der Waals surface area (Å²) in [5, 5.41) is 2.27. The van der Waals surface area contributed by atoms with Gasteiger partial charge in [0.25, 0.3) is 0 Å². The molecule has 0 atom stereocenters. The molecule has 0 saturated heterocycles. The van der Waals surface area contributed by atoms with E-state index in [1.54, 1.807) is 0 Å². The Kier molecular flexibility index (Phi) is 7.16. The summed E-state index contributed by atoms with van der Waals surface area (Å²) in [4.78, 5) is 0. The standard InChI is InChI=1S/C62H38O/c1-2-16-45-40(14-1)32-41-15-13-23-46(61(41)45)44-34-42(38-29-31-60-54(36-38)53-22-8-12-27-59(53)63-60)33-43(35-44)39-28-30-52-48-18-4-3-17-47(48)49-19-5-9-24-55(49)62(58(52)37-39)56-25-10-6-20-50(56)51-21-7-11-26-57(51)62/h1-31,33-37H,32H2. The Morgan fingerprint density at radius 1 is 0.286 bits per heavy atom. The van der Waals surface area contributed by atoms with Gasteiger partial charge in [-0.1, -0.05) is 176 Å². The van der Waals surface area contributed by atoms with Crippen molar-refractivity contribution in [3.63, 3.8) is 0 Å². The summed E-state index contributed by atoms with van der Waals surface area (Å²) >= 11 is 0. The normalized spacial score (nSPS) is 13.5. The molecule has 0 saturated carbocycles. The van der Waals surface area contributed by atoms with Crippen LogP contribution in [0.5, 0.6) is 0 Å². The van der Waals surface area contributed by atoms with Gasteiger partial charge in [0.05, 0.1) is 5.41 Å². The maximum atomic E-state index is 6.32. The lowest BCUT2D eigenvalue weighted by atomic mass is 9.65. The Hall–Kier alpha value is -8.00. The first-order chi connectivity index (χ1) is 31.2. The molecular weight excluding hydrogens is 761 g/mol. The Morgan fingerprint density at radius 2 is 0.778 bits per heavy atom. The third kappa shape index (κ3) is 4.82. The highest BCUT2D eigenvalue weighted by atomic mass is 16.3. The highest BCUT2D eigenvalue weighted by molar-refractivity contribution is 6.07. The summed E-state index contributed by atoms with van der Waals surface area (Å²) in [6.07, 6.45) is 0.953. The van der Waals surface area contributed by atoms with Gasteiger partial charge in [-0.25, -0.2) is 0 Å². The van der Waals surface area contributed by atoms with Gasteiger partial charge in [0.15, 0.2) is 0 Å². The molecule has 1 heteroatoms. The number of hydrogen-bond acceptors (Lipinski definition) is 1. The summed E-state index contributed by atoms with van der Waals surface area (Å²) in [5.41, 5.74) is 26.9. The highest BCUT2D eigenvalue weighted by Crippen LogP contribution is 2.62. The second-order valence-corrected chi connectivity index (χ2v) is 17.5. The van der Waals surface area contributed by atoms with E-state index in [0.29, 0.717) is 0 Å². The van der Waals surface area contributed by atoms with E-state index in [1.165, 1.54) is 106 Å². The monoisotopic (exact) mass is 798 g/mol. The van der Waals surface area contributed by atoms with Crippen LogP contribution in [0.25, 0.3) is 99.8 Å². The summed E-state index contributed by atoms with van der Waals surface area (Å²) in [6, 6.07) is 81.8. The van der Waals surface area contributed by atoms with E-state index >= 15 is 0 Å². The van der Waals surface area contributed by atoms with Crippen molar-refractivity contribution in [3.8, 4) is 77.9 Å². The first-order valence-corrected chi connectivity index (χ1v) is 22.0. The molecule has 1 spiro atoms. The molecular formula is C62H38O. The molecule has 0 radical (unpaired) electrons. The first kappa shape index (κ1) is 34.7. The molecule has 0 bridgehead atoms. The smallest absolute Gasteiger partial charge is 0.135 e. The van der Waals surface area contributed by atoms with Crippen molar-refractivity contribution < 1.29 is 4.42 Å². The van der Waals surface area contributed by atoms with Crippen LogP contribution in [-0.4, -0.2) is 0 Å². The van der Waals surface area contributed by atoms with Gasteiger partial charge < -0.3 is 4.42 Å². The van der Waals surface area contributed by atoms with Gasteiger partial charge in [0, 0.05) is 10.8 Å². The predicted molar refractivity (Wildman–Crippen MR) is 260 cm³/mol. The maximum absolute atomic E-state index is 6.32. The molecule has 10 aromatic carbocycles. The fourth-order valence-corrected chi connectivity index (χ4v) is 11.7. The molecule has 63 heavy (non-hydrogen) atoms. The van der Waals surface area contributed by atoms with E-state index in [9.17, 15) is 0 Å². The molecule has 0 fully saturated rings. The van der Waals surface area contributed by atoms with Crippen LogP contribution in [0.2, 0.25) is 0 Å². The van der Waals surface area contributed by atoms with Crippen LogP contribution in [-0.2, 0) is 11.8 Å². The van der Waals surface area contributed by atoms with E-state index in [0.717, 1.165) is 33.9 Å².